The average Bonchev–Trinajstić information content (AvgIpc) is 4.15. The van der Waals surface area contributed by atoms with Crippen LogP contribution in [0.1, 0.15) is 87.0 Å². The van der Waals surface area contributed by atoms with Gasteiger partial charge in [-0.3, -0.25) is 33.9 Å². The number of pyridine rings is 2. The van der Waals surface area contributed by atoms with E-state index in [1.54, 1.807) is 33.7 Å². The fraction of sp³-hybridized carbons (Fsp3) is 0.364. The number of nitrogens with one attached hydrogen (secondary N) is 5. The first-order valence-corrected chi connectivity index (χ1v) is 25.6. The Bertz CT molecular complexity index is 3110. The molecular formula is C55H63N13O8. The zero-order valence-corrected chi connectivity index (χ0v) is 42.8. The molecule has 8 rings (SSSR count). The normalized spacial score (nSPS) is 13.9. The number of carbonyl (C=O) groups excluding carboxylic acids is 7. The predicted molar refractivity (Wildman–Crippen MR) is 283 cm³/mol. The number of unbranched alkanes of at least 4 members (excludes halogenated alkanes) is 2. The van der Waals surface area contributed by atoms with Gasteiger partial charge in [0.15, 0.2) is 11.4 Å². The number of benzene rings is 2. The predicted octanol–water partition coefficient (Wildman–Crippen LogP) is 6.39. The molecule has 0 unspecified atom stereocenters. The third-order valence-electron chi connectivity index (χ3n) is 13.3. The Morgan fingerprint density at radius 2 is 1.67 bits per heavy atom. The van der Waals surface area contributed by atoms with Gasteiger partial charge in [-0.2, -0.15) is 5.10 Å². The standard InChI is InChI=1S/C55H63N13O8/c1-34(2)50(65-47(70)12-5-4-6-25-67-48(71)21-22-49(67)72)44(69)28-38(10-8-24-57-54(56)74)53(73)62-41-17-13-36(14-18-41)32-76-55(75)66-26-23-37-27-42(19-15-39(37)30-66)58-29-45-63-51(40-16-20-46-59-33-60-68(46)31-40)52(64-45)43-11-7-9-35(3)61-43/h7,9,11,13-22,27,31,33-34,38,50,58H,4-6,8,10,12,23-26,28-30,32H2,1-3H3,(H,62,73)(H,63,64)(H,65,70)(H3,56,57,74)/t38-,50+/m1/s1. The van der Waals surface area contributed by atoms with Crippen molar-refractivity contribution in [3.63, 3.8) is 0 Å². The number of hydrogen-bond donors (Lipinski definition) is 6. The van der Waals surface area contributed by atoms with Crippen LogP contribution in [-0.4, -0.2) is 107 Å². The summed E-state index contributed by atoms with van der Waals surface area (Å²) in [6.07, 6.45) is 8.36. The zero-order chi connectivity index (χ0) is 53.7. The van der Waals surface area contributed by atoms with Crippen molar-refractivity contribution in [1.82, 2.24) is 50.0 Å². The number of carbonyl (C=O) groups is 7. The van der Waals surface area contributed by atoms with Crippen LogP contribution in [0.25, 0.3) is 28.3 Å². The lowest BCUT2D eigenvalue weighted by Crippen LogP contribution is -2.45. The highest BCUT2D eigenvalue weighted by molar-refractivity contribution is 6.12. The first kappa shape index (κ1) is 53.5. The molecular weight excluding hydrogens is 971 g/mol. The summed E-state index contributed by atoms with van der Waals surface area (Å²) in [5.74, 6) is -2.03. The van der Waals surface area contributed by atoms with Crippen molar-refractivity contribution in [2.24, 2.45) is 17.6 Å². The molecule has 4 aromatic heterocycles. The topological polar surface area (TPSA) is 281 Å². The summed E-state index contributed by atoms with van der Waals surface area (Å²) < 4.78 is 7.44. The quantitative estimate of drug-likeness (QED) is 0.0284. The number of amides is 7. The molecule has 7 amide bonds. The van der Waals surface area contributed by atoms with E-state index in [1.165, 1.54) is 18.5 Å². The minimum absolute atomic E-state index is 0.00905. The number of Topliss-reactive ketones (excluding diaryl/α,β-unsaturated/α-hetero) is 1. The smallest absolute Gasteiger partial charge is 0.410 e. The number of rotatable bonds is 24. The lowest BCUT2D eigenvalue weighted by atomic mass is 9.89. The third kappa shape index (κ3) is 14.1. The van der Waals surface area contributed by atoms with Crippen molar-refractivity contribution in [2.75, 3.05) is 30.3 Å². The maximum Gasteiger partial charge on any atom is 0.410 e. The lowest BCUT2D eigenvalue weighted by molar-refractivity contribution is -0.137. The highest BCUT2D eigenvalue weighted by atomic mass is 16.6. The van der Waals surface area contributed by atoms with Gasteiger partial charge in [-0.25, -0.2) is 24.1 Å². The van der Waals surface area contributed by atoms with E-state index in [-0.39, 0.29) is 68.4 Å². The summed E-state index contributed by atoms with van der Waals surface area (Å²) in [6, 6.07) is 21.2. The van der Waals surface area contributed by atoms with Gasteiger partial charge in [0.1, 0.15) is 18.8 Å². The van der Waals surface area contributed by atoms with Crippen LogP contribution >= 0.6 is 0 Å². The first-order valence-electron chi connectivity index (χ1n) is 25.6. The number of aromatic nitrogens is 6. The van der Waals surface area contributed by atoms with E-state index in [1.807, 2.05) is 69.4 Å². The van der Waals surface area contributed by atoms with Gasteiger partial charge in [0, 0.05) is 85.9 Å². The Morgan fingerprint density at radius 1 is 0.882 bits per heavy atom. The van der Waals surface area contributed by atoms with Gasteiger partial charge in [-0.1, -0.05) is 44.5 Å². The molecule has 21 heteroatoms. The van der Waals surface area contributed by atoms with E-state index in [4.69, 9.17) is 20.4 Å². The highest BCUT2D eigenvalue weighted by Crippen LogP contribution is 2.31. The van der Waals surface area contributed by atoms with E-state index in [0.717, 1.165) is 61.5 Å². The number of aryl methyl sites for hydroxylation is 1. The van der Waals surface area contributed by atoms with Crippen LogP contribution in [0.3, 0.4) is 0 Å². The fourth-order valence-electron chi connectivity index (χ4n) is 9.21. The Labute approximate surface area is 439 Å². The molecule has 2 aliphatic heterocycles. The maximum absolute atomic E-state index is 13.7. The summed E-state index contributed by atoms with van der Waals surface area (Å²) >= 11 is 0. The first-order chi connectivity index (χ1) is 36.7. The molecule has 0 bridgehead atoms. The van der Waals surface area contributed by atoms with Gasteiger partial charge >= 0.3 is 12.1 Å². The molecule has 0 radical (unpaired) electrons. The van der Waals surface area contributed by atoms with Gasteiger partial charge in [0.05, 0.1) is 29.7 Å². The molecule has 2 atom stereocenters. The number of ether oxygens (including phenoxy) is 1. The van der Waals surface area contributed by atoms with Crippen LogP contribution in [0.5, 0.6) is 0 Å². The second-order valence-electron chi connectivity index (χ2n) is 19.4. The number of fused-ring (bicyclic) bond motifs is 2. The number of nitrogens with zero attached hydrogens (tertiary/aromatic N) is 7. The zero-order valence-electron chi connectivity index (χ0n) is 42.8. The van der Waals surface area contributed by atoms with Crippen molar-refractivity contribution >= 4 is 58.6 Å². The number of H-pyrrole nitrogens is 1. The maximum atomic E-state index is 13.7. The van der Waals surface area contributed by atoms with Crippen molar-refractivity contribution in [3.8, 4) is 22.6 Å². The fourth-order valence-corrected chi connectivity index (χ4v) is 9.21. The van der Waals surface area contributed by atoms with Gasteiger partial charge < -0.3 is 41.6 Å². The van der Waals surface area contributed by atoms with E-state index in [0.29, 0.717) is 63.0 Å². The van der Waals surface area contributed by atoms with Crippen LogP contribution in [0.4, 0.5) is 21.0 Å². The van der Waals surface area contributed by atoms with Crippen LogP contribution in [0, 0.1) is 18.8 Å². The van der Waals surface area contributed by atoms with E-state index < -0.39 is 30.0 Å². The summed E-state index contributed by atoms with van der Waals surface area (Å²) in [7, 11) is 0. The Balaban J connectivity index is 0.804. The number of anilines is 2. The molecule has 6 aromatic rings. The number of ketones is 1. The van der Waals surface area contributed by atoms with Crippen molar-refractivity contribution in [1.29, 1.82) is 0 Å². The van der Waals surface area contributed by atoms with Gasteiger partial charge in [-0.15, -0.1) is 0 Å². The number of nitrogens with two attached hydrogens (primary N) is 1. The molecule has 2 aliphatic rings. The van der Waals surface area contributed by atoms with E-state index in [2.05, 4.69) is 42.4 Å². The molecule has 0 saturated heterocycles. The Morgan fingerprint density at radius 3 is 2.43 bits per heavy atom. The van der Waals surface area contributed by atoms with Crippen LogP contribution in [-0.2, 0) is 54.8 Å². The monoisotopic (exact) mass is 1030 g/mol. The highest BCUT2D eigenvalue weighted by Gasteiger charge is 2.30. The molecule has 396 valence electrons. The Kier molecular flexibility index (Phi) is 17.6. The van der Waals surface area contributed by atoms with Gasteiger partial charge in [0.25, 0.3) is 11.8 Å². The molecule has 2 aromatic carbocycles. The SMILES string of the molecule is Cc1cccc(-c2[nH]c(CNc3ccc4c(c3)CCN(C(=O)OCc3ccc(NC(=O)[C@H](CCCNC(N)=O)CC(=O)[C@@H](NC(=O)CCCCCN5C(=O)C=CC5=O)C(C)C)cc3)C4)nc2-c2ccc3ncnn3c2)n1. The molecule has 76 heavy (non-hydrogen) atoms. The van der Waals surface area contributed by atoms with Crippen molar-refractivity contribution in [3.05, 3.63) is 126 Å². The van der Waals surface area contributed by atoms with Crippen LogP contribution in [0.2, 0.25) is 0 Å². The minimum Gasteiger partial charge on any atom is -0.445 e. The van der Waals surface area contributed by atoms with Crippen LogP contribution in [0.15, 0.2) is 97.5 Å². The largest absolute Gasteiger partial charge is 0.445 e. The number of hydrogen-bond acceptors (Lipinski definition) is 13. The van der Waals surface area contributed by atoms with Gasteiger partial charge in [0.2, 0.25) is 11.8 Å². The molecule has 21 nitrogen and oxygen atoms in total. The number of aromatic amines is 1. The molecule has 0 spiro atoms. The average molecular weight is 1030 g/mol. The Hall–Kier alpha value is -8.75. The lowest BCUT2D eigenvalue weighted by Gasteiger charge is -2.28. The van der Waals surface area contributed by atoms with E-state index >= 15 is 0 Å². The molecule has 0 fully saturated rings. The van der Waals surface area contributed by atoms with Crippen molar-refractivity contribution in [2.45, 2.75) is 97.9 Å². The third-order valence-corrected chi connectivity index (χ3v) is 13.3. The molecule has 0 saturated carbocycles. The summed E-state index contributed by atoms with van der Waals surface area (Å²) in [4.78, 5) is 109. The number of urea groups is 1. The summed E-state index contributed by atoms with van der Waals surface area (Å²) in [5, 5.41) is 16.1. The second kappa shape index (κ2) is 25.0. The number of imidazole rings is 1. The number of imide groups is 1. The van der Waals surface area contributed by atoms with Gasteiger partial charge in [-0.05, 0) is 110 Å². The summed E-state index contributed by atoms with van der Waals surface area (Å²) in [6.45, 7) is 7.37. The minimum atomic E-state index is -0.837. The van der Waals surface area contributed by atoms with Crippen LogP contribution < -0.4 is 27.0 Å². The molecule has 7 N–H and O–H groups in total. The summed E-state index contributed by atoms with van der Waals surface area (Å²) in [5.41, 5.74) is 14.3. The number of primary amides is 1. The second-order valence-corrected chi connectivity index (χ2v) is 19.4. The molecule has 6 heterocycles. The van der Waals surface area contributed by atoms with Crippen molar-refractivity contribution < 1.29 is 38.3 Å². The molecule has 0 aliphatic carbocycles. The van der Waals surface area contributed by atoms with E-state index in [9.17, 15) is 33.6 Å².